The summed E-state index contributed by atoms with van der Waals surface area (Å²) in [6.45, 7) is 3.59. The number of methoxy groups -OCH3 is 1. The monoisotopic (exact) mass is 304 g/mol. The number of carbonyl (C=O) groups excluding carboxylic acids is 2. The Morgan fingerprint density at radius 3 is 2.50 bits per heavy atom. The molecule has 116 valence electrons. The van der Waals surface area contributed by atoms with Crippen molar-refractivity contribution in [2.75, 3.05) is 7.11 Å². The highest BCUT2D eigenvalue weighted by Gasteiger charge is 2.27. The second-order valence-electron chi connectivity index (χ2n) is 4.96. The third-order valence-corrected chi connectivity index (χ3v) is 3.31. The zero-order valence-corrected chi connectivity index (χ0v) is 12.6. The minimum absolute atomic E-state index is 0.0589. The average molecular weight is 304 g/mol. The van der Waals surface area contributed by atoms with Crippen LogP contribution in [-0.4, -0.2) is 24.0 Å². The number of aromatic nitrogens is 1. The van der Waals surface area contributed by atoms with Crippen molar-refractivity contribution in [2.45, 2.75) is 19.9 Å². The molecule has 2 aromatic rings. The summed E-state index contributed by atoms with van der Waals surface area (Å²) >= 11 is 0. The van der Waals surface area contributed by atoms with Crippen molar-refractivity contribution < 1.29 is 18.7 Å². The van der Waals surface area contributed by atoms with Gasteiger partial charge in [0.05, 0.1) is 7.11 Å². The molecule has 2 N–H and O–H groups in total. The molecule has 0 bridgehead atoms. The predicted octanol–water partition coefficient (Wildman–Crippen LogP) is 2.41. The highest BCUT2D eigenvalue weighted by atomic mass is 19.1. The van der Waals surface area contributed by atoms with Gasteiger partial charge in [0.1, 0.15) is 11.5 Å². The molecule has 6 heteroatoms. The molecule has 0 aliphatic carbocycles. The third-order valence-electron chi connectivity index (χ3n) is 3.31. The van der Waals surface area contributed by atoms with E-state index in [1.54, 1.807) is 13.0 Å². The fraction of sp³-hybridized carbons (Fsp3) is 0.250. The first-order valence-corrected chi connectivity index (χ1v) is 6.73. The Hall–Kier alpha value is -2.63. The van der Waals surface area contributed by atoms with E-state index in [-0.39, 0.29) is 5.56 Å². The summed E-state index contributed by atoms with van der Waals surface area (Å²) in [4.78, 5) is 27.1. The number of hydrogen-bond acceptors (Lipinski definition) is 3. The minimum atomic E-state index is -1.21. The van der Waals surface area contributed by atoms with Crippen LogP contribution in [0.25, 0.3) is 0 Å². The second-order valence-corrected chi connectivity index (χ2v) is 4.96. The molecule has 1 aromatic heterocycles. The zero-order valence-electron chi connectivity index (χ0n) is 12.6. The molecule has 1 amide bonds. The molecule has 1 heterocycles. The number of H-pyrrole nitrogens is 1. The number of carbonyl (C=O) groups is 2. The summed E-state index contributed by atoms with van der Waals surface area (Å²) < 4.78 is 18.6. The van der Waals surface area contributed by atoms with Crippen LogP contribution in [0.2, 0.25) is 0 Å². The standard InChI is InChI=1S/C16H17FN2O3/c1-9-8-10(2)18-13(9)15(20)19-14(16(21)22-3)11-6-4-5-7-12(11)17/h4-8,14,18H,1-3H3,(H,19,20)/t14-/m0/s1. The van der Waals surface area contributed by atoms with Crippen LogP contribution in [0, 0.1) is 19.7 Å². The Morgan fingerprint density at radius 2 is 1.95 bits per heavy atom. The molecule has 5 nitrogen and oxygen atoms in total. The third kappa shape index (κ3) is 3.16. The molecular formula is C16H17FN2O3. The summed E-state index contributed by atoms with van der Waals surface area (Å²) in [5, 5.41) is 2.51. The molecule has 0 fully saturated rings. The van der Waals surface area contributed by atoms with Crippen LogP contribution in [0.3, 0.4) is 0 Å². The molecule has 1 aromatic carbocycles. The fourth-order valence-electron chi connectivity index (χ4n) is 2.26. The van der Waals surface area contributed by atoms with Crippen LogP contribution in [0.5, 0.6) is 0 Å². The highest BCUT2D eigenvalue weighted by Crippen LogP contribution is 2.19. The van der Waals surface area contributed by atoms with Crippen molar-refractivity contribution in [1.29, 1.82) is 0 Å². The van der Waals surface area contributed by atoms with E-state index in [9.17, 15) is 14.0 Å². The maximum atomic E-state index is 13.9. The van der Waals surface area contributed by atoms with Gasteiger partial charge < -0.3 is 15.0 Å². The molecule has 2 rings (SSSR count). The SMILES string of the molecule is COC(=O)[C@@H](NC(=O)c1[nH]c(C)cc1C)c1ccccc1F. The number of rotatable bonds is 4. The number of benzene rings is 1. The van der Waals surface area contributed by atoms with E-state index in [1.807, 2.05) is 13.0 Å². The van der Waals surface area contributed by atoms with E-state index < -0.39 is 23.7 Å². The number of amides is 1. The summed E-state index contributed by atoms with van der Waals surface area (Å²) in [6.07, 6.45) is 0. The van der Waals surface area contributed by atoms with Gasteiger partial charge in [0.2, 0.25) is 0 Å². The molecule has 0 radical (unpaired) electrons. The van der Waals surface area contributed by atoms with Crippen LogP contribution in [0.15, 0.2) is 30.3 Å². The van der Waals surface area contributed by atoms with Crippen LogP contribution >= 0.6 is 0 Å². The van der Waals surface area contributed by atoms with Gasteiger partial charge in [-0.05, 0) is 31.5 Å². The van der Waals surface area contributed by atoms with Crippen molar-refractivity contribution in [2.24, 2.45) is 0 Å². The predicted molar refractivity (Wildman–Crippen MR) is 78.9 cm³/mol. The largest absolute Gasteiger partial charge is 0.467 e. The van der Waals surface area contributed by atoms with Crippen molar-refractivity contribution >= 4 is 11.9 Å². The summed E-state index contributed by atoms with van der Waals surface area (Å²) in [5.74, 6) is -1.82. The molecule has 0 unspecified atom stereocenters. The van der Waals surface area contributed by atoms with E-state index in [4.69, 9.17) is 0 Å². The molecule has 0 aliphatic heterocycles. The first-order chi connectivity index (χ1) is 10.4. The number of aromatic amines is 1. The van der Waals surface area contributed by atoms with Gasteiger partial charge in [0.25, 0.3) is 5.91 Å². The molecule has 0 saturated carbocycles. The number of aryl methyl sites for hydroxylation is 2. The first kappa shape index (κ1) is 15.8. The highest BCUT2D eigenvalue weighted by molar-refractivity contribution is 5.96. The number of ether oxygens (including phenoxy) is 1. The van der Waals surface area contributed by atoms with Crippen LogP contribution in [-0.2, 0) is 9.53 Å². The lowest BCUT2D eigenvalue weighted by Gasteiger charge is -2.17. The van der Waals surface area contributed by atoms with E-state index in [0.29, 0.717) is 5.69 Å². The first-order valence-electron chi connectivity index (χ1n) is 6.73. The lowest BCUT2D eigenvalue weighted by Crippen LogP contribution is -2.35. The Labute approximate surface area is 127 Å². The lowest BCUT2D eigenvalue weighted by atomic mass is 10.1. The quantitative estimate of drug-likeness (QED) is 0.852. The van der Waals surface area contributed by atoms with Gasteiger partial charge in [-0.15, -0.1) is 0 Å². The van der Waals surface area contributed by atoms with Gasteiger partial charge in [-0.25, -0.2) is 9.18 Å². The summed E-state index contributed by atoms with van der Waals surface area (Å²) in [7, 11) is 1.19. The smallest absolute Gasteiger partial charge is 0.333 e. The van der Waals surface area contributed by atoms with Gasteiger partial charge in [0, 0.05) is 11.3 Å². The molecule has 0 aliphatic rings. The van der Waals surface area contributed by atoms with Crippen molar-refractivity contribution in [3.05, 3.63) is 58.7 Å². The molecule has 22 heavy (non-hydrogen) atoms. The topological polar surface area (TPSA) is 71.2 Å². The van der Waals surface area contributed by atoms with E-state index in [1.165, 1.54) is 25.3 Å². The Kier molecular flexibility index (Phi) is 4.60. The zero-order chi connectivity index (χ0) is 16.3. The Balaban J connectivity index is 2.32. The van der Waals surface area contributed by atoms with Gasteiger partial charge in [-0.3, -0.25) is 4.79 Å². The number of halogens is 1. The van der Waals surface area contributed by atoms with E-state index in [0.717, 1.165) is 11.3 Å². The van der Waals surface area contributed by atoms with Gasteiger partial charge >= 0.3 is 5.97 Å². The lowest BCUT2D eigenvalue weighted by molar-refractivity contribution is -0.143. The van der Waals surface area contributed by atoms with Gasteiger partial charge in [0.15, 0.2) is 6.04 Å². The van der Waals surface area contributed by atoms with E-state index in [2.05, 4.69) is 15.0 Å². The summed E-state index contributed by atoms with van der Waals surface area (Å²) in [5.41, 5.74) is 1.96. The maximum Gasteiger partial charge on any atom is 0.333 e. The van der Waals surface area contributed by atoms with Crippen LogP contribution < -0.4 is 5.32 Å². The van der Waals surface area contributed by atoms with Crippen LogP contribution in [0.1, 0.15) is 33.4 Å². The molecular weight excluding hydrogens is 287 g/mol. The van der Waals surface area contributed by atoms with Crippen molar-refractivity contribution in [3.63, 3.8) is 0 Å². The van der Waals surface area contributed by atoms with E-state index >= 15 is 0 Å². The fourth-order valence-corrected chi connectivity index (χ4v) is 2.26. The minimum Gasteiger partial charge on any atom is -0.467 e. The van der Waals surface area contributed by atoms with Gasteiger partial charge in [-0.1, -0.05) is 18.2 Å². The normalized spacial score (nSPS) is 11.8. The molecule has 0 spiro atoms. The van der Waals surface area contributed by atoms with Crippen LogP contribution in [0.4, 0.5) is 4.39 Å². The Bertz CT molecular complexity index is 709. The number of esters is 1. The Morgan fingerprint density at radius 1 is 1.27 bits per heavy atom. The van der Waals surface area contributed by atoms with Crippen molar-refractivity contribution in [1.82, 2.24) is 10.3 Å². The number of hydrogen-bond donors (Lipinski definition) is 2. The second kappa shape index (κ2) is 6.43. The summed E-state index contributed by atoms with van der Waals surface area (Å²) in [6, 6.07) is 6.36. The van der Waals surface area contributed by atoms with Gasteiger partial charge in [-0.2, -0.15) is 0 Å². The number of nitrogens with one attached hydrogen (secondary N) is 2. The molecule has 1 atom stereocenters. The maximum absolute atomic E-state index is 13.9. The van der Waals surface area contributed by atoms with Crippen molar-refractivity contribution in [3.8, 4) is 0 Å². The average Bonchev–Trinajstić information content (AvgIpc) is 2.83. The molecule has 0 saturated heterocycles.